The van der Waals surface area contributed by atoms with E-state index in [-0.39, 0.29) is 5.92 Å². The summed E-state index contributed by atoms with van der Waals surface area (Å²) >= 11 is 11.7. The minimum Gasteiger partial charge on any atom is -0.389 e. The predicted molar refractivity (Wildman–Crippen MR) is 63.6 cm³/mol. The highest BCUT2D eigenvalue weighted by Crippen LogP contribution is 2.49. The molecule has 4 heteroatoms. The number of rotatable bonds is 3. The maximum Gasteiger partial charge on any atom is 0.122 e. The zero-order valence-corrected chi connectivity index (χ0v) is 9.97. The van der Waals surface area contributed by atoms with Crippen molar-refractivity contribution in [1.82, 2.24) is 0 Å². The van der Waals surface area contributed by atoms with Crippen LogP contribution in [0.5, 0.6) is 0 Å². The van der Waals surface area contributed by atoms with Gasteiger partial charge in [-0.05, 0) is 42.0 Å². The van der Waals surface area contributed by atoms with E-state index in [1.165, 1.54) is 6.08 Å². The minimum absolute atomic E-state index is 0.171. The van der Waals surface area contributed by atoms with Gasteiger partial charge in [-0.15, -0.1) is 0 Å². The molecular weight excluding hydrogens is 250 g/mol. The molecule has 1 N–H and O–H groups in total. The molecule has 1 aliphatic rings. The first-order valence-electron chi connectivity index (χ1n) is 5.04. The van der Waals surface area contributed by atoms with E-state index < -0.39 is 12.4 Å². The first kappa shape index (κ1) is 11.9. The number of halogens is 3. The van der Waals surface area contributed by atoms with Crippen LogP contribution in [-0.4, -0.2) is 11.7 Å². The van der Waals surface area contributed by atoms with Crippen LogP contribution in [0.2, 0.25) is 10.0 Å². The molecule has 0 aromatic heterocycles. The second kappa shape index (κ2) is 4.74. The Labute approximate surface area is 103 Å². The summed E-state index contributed by atoms with van der Waals surface area (Å²) in [5, 5.41) is 9.62. The zero-order valence-electron chi connectivity index (χ0n) is 8.46. The lowest BCUT2D eigenvalue weighted by Gasteiger charge is -2.01. The lowest BCUT2D eigenvalue weighted by molar-refractivity contribution is 0.297. The van der Waals surface area contributed by atoms with Gasteiger partial charge in [-0.3, -0.25) is 0 Å². The van der Waals surface area contributed by atoms with Crippen LogP contribution in [0.4, 0.5) is 4.39 Å². The summed E-state index contributed by atoms with van der Waals surface area (Å²) in [5.41, 5.74) is 1.07. The first-order valence-corrected chi connectivity index (χ1v) is 5.79. The summed E-state index contributed by atoms with van der Waals surface area (Å²) in [6, 6.07) is 5.48. The van der Waals surface area contributed by atoms with Crippen LogP contribution in [0.15, 0.2) is 30.1 Å². The third-order valence-corrected chi connectivity index (χ3v) is 3.50. The largest absolute Gasteiger partial charge is 0.389 e. The molecular formula is C12H11Cl2FO. The van der Waals surface area contributed by atoms with E-state index in [1.807, 2.05) is 12.1 Å². The van der Waals surface area contributed by atoms with E-state index in [0.717, 1.165) is 12.0 Å². The van der Waals surface area contributed by atoms with Crippen molar-refractivity contribution in [2.45, 2.75) is 12.3 Å². The highest BCUT2D eigenvalue weighted by molar-refractivity contribution is 6.42. The third kappa shape index (κ3) is 2.57. The van der Waals surface area contributed by atoms with Crippen LogP contribution >= 0.6 is 23.2 Å². The molecule has 1 nitrogen and oxygen atoms in total. The fraction of sp³-hybridized carbons (Fsp3) is 0.333. The van der Waals surface area contributed by atoms with Crippen molar-refractivity contribution in [2.24, 2.45) is 5.92 Å². The number of aliphatic hydroxyl groups is 1. The van der Waals surface area contributed by atoms with Gasteiger partial charge in [0, 0.05) is 0 Å². The van der Waals surface area contributed by atoms with Gasteiger partial charge in [-0.25, -0.2) is 4.39 Å². The van der Waals surface area contributed by atoms with E-state index >= 15 is 0 Å². The number of benzene rings is 1. The Morgan fingerprint density at radius 2 is 2.19 bits per heavy atom. The molecule has 0 radical (unpaired) electrons. The molecule has 86 valence electrons. The molecule has 0 saturated heterocycles. The summed E-state index contributed by atoms with van der Waals surface area (Å²) in [6.07, 6.45) is 2.37. The van der Waals surface area contributed by atoms with Gasteiger partial charge in [-0.2, -0.15) is 0 Å². The summed E-state index contributed by atoms with van der Waals surface area (Å²) in [7, 11) is 0. The number of hydrogen-bond donors (Lipinski definition) is 1. The lowest BCUT2D eigenvalue weighted by Crippen LogP contribution is -1.86. The molecule has 2 unspecified atom stereocenters. The van der Waals surface area contributed by atoms with Crippen molar-refractivity contribution >= 4 is 23.2 Å². The summed E-state index contributed by atoms with van der Waals surface area (Å²) < 4.78 is 12.8. The molecule has 0 heterocycles. The van der Waals surface area contributed by atoms with Crippen LogP contribution in [0.1, 0.15) is 17.9 Å². The fourth-order valence-corrected chi connectivity index (χ4v) is 2.12. The van der Waals surface area contributed by atoms with Gasteiger partial charge in [0.05, 0.1) is 16.7 Å². The number of allylic oxidation sites excluding steroid dienone is 1. The first-order chi connectivity index (χ1) is 7.61. The second-order valence-electron chi connectivity index (χ2n) is 3.95. The summed E-state index contributed by atoms with van der Waals surface area (Å²) in [6.45, 7) is -0.523. The van der Waals surface area contributed by atoms with Crippen LogP contribution in [0.3, 0.4) is 0 Å². The quantitative estimate of drug-likeness (QED) is 0.873. The molecule has 1 aliphatic carbocycles. The molecule has 0 amide bonds. The molecule has 0 bridgehead atoms. The minimum atomic E-state index is -0.523. The average molecular weight is 261 g/mol. The van der Waals surface area contributed by atoms with Crippen LogP contribution in [0.25, 0.3) is 0 Å². The standard InChI is InChI=1S/C12H11Cl2FO/c13-11-2-1-7(5-12(11)14)10-4-8(10)3-9(15)6-16/h1-3,5,8,10,16H,4,6H2/b9-3+. The molecule has 1 fully saturated rings. The highest BCUT2D eigenvalue weighted by Gasteiger charge is 2.37. The van der Waals surface area contributed by atoms with Gasteiger partial charge >= 0.3 is 0 Å². The van der Waals surface area contributed by atoms with Crippen LogP contribution in [-0.2, 0) is 0 Å². The van der Waals surface area contributed by atoms with Crippen molar-refractivity contribution in [3.8, 4) is 0 Å². The Morgan fingerprint density at radius 3 is 2.81 bits per heavy atom. The average Bonchev–Trinajstić information content (AvgIpc) is 3.01. The molecule has 16 heavy (non-hydrogen) atoms. The van der Waals surface area contributed by atoms with Gasteiger partial charge < -0.3 is 5.11 Å². The molecule has 0 aliphatic heterocycles. The van der Waals surface area contributed by atoms with E-state index in [9.17, 15) is 4.39 Å². The van der Waals surface area contributed by atoms with Crippen molar-refractivity contribution in [3.63, 3.8) is 0 Å². The molecule has 1 aromatic carbocycles. The molecule has 1 saturated carbocycles. The second-order valence-corrected chi connectivity index (χ2v) is 4.77. The number of hydrogen-bond acceptors (Lipinski definition) is 1. The normalized spacial score (nSPS) is 24.6. The van der Waals surface area contributed by atoms with Crippen molar-refractivity contribution in [3.05, 3.63) is 45.7 Å². The Morgan fingerprint density at radius 1 is 1.44 bits per heavy atom. The Balaban J connectivity index is 2.09. The molecule has 2 atom stereocenters. The molecule has 0 spiro atoms. The summed E-state index contributed by atoms with van der Waals surface area (Å²) in [4.78, 5) is 0. The molecule has 2 rings (SSSR count). The van der Waals surface area contributed by atoms with Gasteiger partial charge in [-0.1, -0.05) is 29.3 Å². The van der Waals surface area contributed by atoms with Crippen molar-refractivity contribution in [1.29, 1.82) is 0 Å². The Kier molecular flexibility index (Phi) is 3.53. The van der Waals surface area contributed by atoms with Crippen LogP contribution in [0, 0.1) is 5.92 Å². The monoisotopic (exact) mass is 260 g/mol. The Hall–Kier alpha value is -0.570. The van der Waals surface area contributed by atoms with Gasteiger partial charge in [0.1, 0.15) is 5.83 Å². The van der Waals surface area contributed by atoms with E-state index in [2.05, 4.69) is 0 Å². The topological polar surface area (TPSA) is 20.2 Å². The number of aliphatic hydroxyl groups excluding tert-OH is 1. The third-order valence-electron chi connectivity index (χ3n) is 2.76. The SMILES string of the molecule is OC/C(F)=C\C1CC1c1ccc(Cl)c(Cl)c1. The predicted octanol–water partition coefficient (Wildman–Crippen LogP) is 3.94. The maximum atomic E-state index is 12.8. The zero-order chi connectivity index (χ0) is 11.7. The van der Waals surface area contributed by atoms with E-state index in [0.29, 0.717) is 16.0 Å². The van der Waals surface area contributed by atoms with Crippen LogP contribution < -0.4 is 0 Å². The fourth-order valence-electron chi connectivity index (χ4n) is 1.81. The van der Waals surface area contributed by atoms with E-state index in [4.69, 9.17) is 28.3 Å². The molecule has 1 aromatic rings. The summed E-state index contributed by atoms with van der Waals surface area (Å²) in [5.74, 6) is 0.00372. The van der Waals surface area contributed by atoms with Gasteiger partial charge in [0.2, 0.25) is 0 Å². The maximum absolute atomic E-state index is 12.8. The van der Waals surface area contributed by atoms with Crippen molar-refractivity contribution in [2.75, 3.05) is 6.61 Å². The Bertz CT molecular complexity index is 431. The smallest absolute Gasteiger partial charge is 0.122 e. The highest BCUT2D eigenvalue weighted by atomic mass is 35.5. The lowest BCUT2D eigenvalue weighted by atomic mass is 10.1. The van der Waals surface area contributed by atoms with Gasteiger partial charge in [0.15, 0.2) is 0 Å². The van der Waals surface area contributed by atoms with Crippen molar-refractivity contribution < 1.29 is 9.50 Å². The van der Waals surface area contributed by atoms with Gasteiger partial charge in [0.25, 0.3) is 0 Å². The van der Waals surface area contributed by atoms with E-state index in [1.54, 1.807) is 6.07 Å².